The summed E-state index contributed by atoms with van der Waals surface area (Å²) in [6.07, 6.45) is 4.02. The number of hydrogen-bond acceptors (Lipinski definition) is 3. The van der Waals surface area contributed by atoms with Crippen LogP contribution in [0.1, 0.15) is 24.8 Å². The van der Waals surface area contributed by atoms with E-state index in [-0.39, 0.29) is 0 Å². The summed E-state index contributed by atoms with van der Waals surface area (Å²) < 4.78 is 0. The lowest BCUT2D eigenvalue weighted by atomic mass is 10.0. The fourth-order valence-corrected chi connectivity index (χ4v) is 3.10. The normalized spacial score (nSPS) is 19.1. The van der Waals surface area contributed by atoms with Gasteiger partial charge in [0.2, 0.25) is 0 Å². The van der Waals surface area contributed by atoms with E-state index in [0.29, 0.717) is 12.3 Å². The number of hydrogen-bond donors (Lipinski definition) is 1. The molecule has 1 unspecified atom stereocenters. The van der Waals surface area contributed by atoms with Crippen LogP contribution in [0.4, 0.5) is 0 Å². The molecule has 0 amide bonds. The third-order valence-corrected chi connectivity index (χ3v) is 4.21. The van der Waals surface area contributed by atoms with Gasteiger partial charge in [0.15, 0.2) is 0 Å². The Morgan fingerprint density at radius 3 is 3.14 bits per heavy atom. The molecule has 4 nitrogen and oxygen atoms in total. The zero-order chi connectivity index (χ0) is 14.7. The van der Waals surface area contributed by atoms with Crippen molar-refractivity contribution in [3.63, 3.8) is 0 Å². The van der Waals surface area contributed by atoms with E-state index in [4.69, 9.17) is 5.11 Å². The van der Waals surface area contributed by atoms with Gasteiger partial charge < -0.3 is 5.11 Å². The van der Waals surface area contributed by atoms with Gasteiger partial charge in [-0.05, 0) is 49.1 Å². The van der Waals surface area contributed by atoms with Crippen molar-refractivity contribution in [3.05, 3.63) is 42.1 Å². The second kappa shape index (κ2) is 6.22. The van der Waals surface area contributed by atoms with Gasteiger partial charge in [-0.25, -0.2) is 0 Å². The van der Waals surface area contributed by atoms with Crippen LogP contribution < -0.4 is 0 Å². The lowest BCUT2D eigenvalue weighted by Crippen LogP contribution is -2.20. The molecule has 2 heterocycles. The Morgan fingerprint density at radius 2 is 2.29 bits per heavy atom. The summed E-state index contributed by atoms with van der Waals surface area (Å²) in [6.45, 7) is 3.02. The Balaban J connectivity index is 1.60. The highest BCUT2D eigenvalue weighted by Crippen LogP contribution is 2.23. The van der Waals surface area contributed by atoms with E-state index >= 15 is 0 Å². The first-order valence-electron chi connectivity index (χ1n) is 7.48. The van der Waals surface area contributed by atoms with Crippen molar-refractivity contribution in [3.8, 4) is 0 Å². The van der Waals surface area contributed by atoms with Crippen LogP contribution in [0, 0.1) is 5.92 Å². The number of fused-ring (bicyclic) bond motifs is 1. The summed E-state index contributed by atoms with van der Waals surface area (Å²) in [5, 5.41) is 9.93. The summed E-state index contributed by atoms with van der Waals surface area (Å²) in [4.78, 5) is 17.4. The van der Waals surface area contributed by atoms with Gasteiger partial charge in [-0.2, -0.15) is 0 Å². The monoisotopic (exact) mass is 284 g/mol. The van der Waals surface area contributed by atoms with Crippen molar-refractivity contribution in [1.29, 1.82) is 0 Å². The first-order valence-corrected chi connectivity index (χ1v) is 7.48. The minimum atomic E-state index is -0.685. The van der Waals surface area contributed by atoms with Crippen LogP contribution in [0.2, 0.25) is 0 Å². The van der Waals surface area contributed by atoms with Crippen LogP contribution in [0.5, 0.6) is 0 Å². The zero-order valence-electron chi connectivity index (χ0n) is 12.0. The molecule has 0 spiro atoms. The number of aliphatic carboxylic acids is 1. The predicted octanol–water partition coefficient (Wildman–Crippen LogP) is 2.92. The highest BCUT2D eigenvalue weighted by atomic mass is 16.4. The first kappa shape index (κ1) is 14.0. The van der Waals surface area contributed by atoms with Crippen molar-refractivity contribution in [1.82, 2.24) is 9.88 Å². The number of pyridine rings is 1. The molecule has 0 aliphatic carbocycles. The van der Waals surface area contributed by atoms with E-state index < -0.39 is 5.97 Å². The molecule has 110 valence electrons. The molecule has 1 N–H and O–H groups in total. The zero-order valence-corrected chi connectivity index (χ0v) is 12.0. The lowest BCUT2D eigenvalue weighted by molar-refractivity contribution is -0.137. The topological polar surface area (TPSA) is 53.4 Å². The molecule has 1 atom stereocenters. The SMILES string of the molecule is O=C(O)CCC1CCN(Cc2ccc3ncccc3c2)C1. The number of aromatic nitrogens is 1. The van der Waals surface area contributed by atoms with E-state index in [1.807, 2.05) is 12.3 Å². The molecular formula is C17H20N2O2. The standard InChI is InChI=1S/C17H20N2O2/c20-17(21)6-4-13-7-9-19(11-13)12-14-3-5-16-15(10-14)2-1-8-18-16/h1-3,5,8,10,13H,4,6-7,9,11-12H2,(H,20,21). The average Bonchev–Trinajstić information content (AvgIpc) is 2.92. The van der Waals surface area contributed by atoms with E-state index in [0.717, 1.165) is 38.0 Å². The van der Waals surface area contributed by atoms with E-state index in [1.54, 1.807) is 0 Å². The van der Waals surface area contributed by atoms with Gasteiger partial charge >= 0.3 is 5.97 Å². The van der Waals surface area contributed by atoms with Crippen LogP contribution in [0.3, 0.4) is 0 Å². The molecule has 1 aromatic carbocycles. The van der Waals surface area contributed by atoms with E-state index in [2.05, 4.69) is 34.1 Å². The largest absolute Gasteiger partial charge is 0.481 e. The summed E-state index contributed by atoms with van der Waals surface area (Å²) >= 11 is 0. The second-order valence-corrected chi connectivity index (χ2v) is 5.85. The molecule has 0 radical (unpaired) electrons. The number of carboxylic acid groups (broad SMARTS) is 1. The van der Waals surface area contributed by atoms with Gasteiger partial charge in [0.1, 0.15) is 0 Å². The summed E-state index contributed by atoms with van der Waals surface area (Å²) in [5.41, 5.74) is 2.33. The Bertz CT molecular complexity index is 641. The first-order chi connectivity index (χ1) is 10.2. The molecule has 3 rings (SSSR count). The van der Waals surface area contributed by atoms with Gasteiger partial charge in [-0.3, -0.25) is 14.7 Å². The molecule has 1 fully saturated rings. The number of carbonyl (C=O) groups is 1. The van der Waals surface area contributed by atoms with Crippen LogP contribution in [0.15, 0.2) is 36.5 Å². The Kier molecular flexibility index (Phi) is 4.15. The van der Waals surface area contributed by atoms with Gasteiger partial charge in [0.05, 0.1) is 5.52 Å². The molecule has 0 bridgehead atoms. The summed E-state index contributed by atoms with van der Waals surface area (Å²) in [5.74, 6) is -0.154. The highest BCUT2D eigenvalue weighted by Gasteiger charge is 2.22. The minimum Gasteiger partial charge on any atom is -0.481 e. The van der Waals surface area contributed by atoms with Gasteiger partial charge in [0, 0.05) is 31.1 Å². The maximum atomic E-state index is 10.6. The lowest BCUT2D eigenvalue weighted by Gasteiger charge is -2.16. The maximum absolute atomic E-state index is 10.6. The van der Waals surface area contributed by atoms with Crippen molar-refractivity contribution in [2.75, 3.05) is 13.1 Å². The van der Waals surface area contributed by atoms with Crippen LogP contribution in [-0.2, 0) is 11.3 Å². The summed E-state index contributed by atoms with van der Waals surface area (Å²) in [6, 6.07) is 10.5. The van der Waals surface area contributed by atoms with Crippen LogP contribution in [-0.4, -0.2) is 34.0 Å². The third-order valence-electron chi connectivity index (χ3n) is 4.21. The van der Waals surface area contributed by atoms with Crippen molar-refractivity contribution in [2.24, 2.45) is 5.92 Å². The summed E-state index contributed by atoms with van der Waals surface area (Å²) in [7, 11) is 0. The Hall–Kier alpha value is -1.94. The van der Waals surface area contributed by atoms with Gasteiger partial charge in [-0.15, -0.1) is 0 Å². The number of benzene rings is 1. The Morgan fingerprint density at radius 1 is 1.38 bits per heavy atom. The quantitative estimate of drug-likeness (QED) is 0.917. The van der Waals surface area contributed by atoms with E-state index in [1.165, 1.54) is 10.9 Å². The maximum Gasteiger partial charge on any atom is 0.303 e. The number of rotatable bonds is 5. The third kappa shape index (κ3) is 3.58. The van der Waals surface area contributed by atoms with E-state index in [9.17, 15) is 4.79 Å². The van der Waals surface area contributed by atoms with Gasteiger partial charge in [0.25, 0.3) is 0 Å². The molecule has 1 aromatic heterocycles. The predicted molar refractivity (Wildman–Crippen MR) is 82.0 cm³/mol. The molecule has 21 heavy (non-hydrogen) atoms. The van der Waals surface area contributed by atoms with Crippen molar-refractivity contribution < 1.29 is 9.90 Å². The number of likely N-dealkylation sites (tertiary alicyclic amines) is 1. The molecule has 0 saturated carbocycles. The molecule has 1 saturated heterocycles. The molecule has 4 heteroatoms. The van der Waals surface area contributed by atoms with Crippen LogP contribution >= 0.6 is 0 Å². The van der Waals surface area contributed by atoms with Gasteiger partial charge in [-0.1, -0.05) is 12.1 Å². The minimum absolute atomic E-state index is 0.292. The molecular weight excluding hydrogens is 264 g/mol. The fourth-order valence-electron chi connectivity index (χ4n) is 3.10. The van der Waals surface area contributed by atoms with Crippen LogP contribution in [0.25, 0.3) is 10.9 Å². The molecule has 1 aliphatic rings. The molecule has 2 aromatic rings. The highest BCUT2D eigenvalue weighted by molar-refractivity contribution is 5.78. The van der Waals surface area contributed by atoms with Crippen molar-refractivity contribution in [2.45, 2.75) is 25.8 Å². The fraction of sp³-hybridized carbons (Fsp3) is 0.412. The molecule has 1 aliphatic heterocycles. The number of carboxylic acids is 1. The van der Waals surface area contributed by atoms with Crippen molar-refractivity contribution >= 4 is 16.9 Å². The Labute approximate surface area is 124 Å². The number of nitrogens with zero attached hydrogens (tertiary/aromatic N) is 2. The second-order valence-electron chi connectivity index (χ2n) is 5.85. The smallest absolute Gasteiger partial charge is 0.303 e. The average molecular weight is 284 g/mol.